The van der Waals surface area contributed by atoms with Crippen molar-refractivity contribution in [3.8, 4) is 10.6 Å². The van der Waals surface area contributed by atoms with Crippen molar-refractivity contribution in [2.75, 3.05) is 13.1 Å². The molecule has 0 aliphatic rings. The number of halogens is 1. The Bertz CT molecular complexity index is 629. The van der Waals surface area contributed by atoms with Crippen LogP contribution in [0.2, 0.25) is 5.02 Å². The van der Waals surface area contributed by atoms with Gasteiger partial charge in [-0.1, -0.05) is 36.7 Å². The van der Waals surface area contributed by atoms with Gasteiger partial charge in [-0.3, -0.25) is 4.79 Å². The molecule has 1 atom stereocenters. The van der Waals surface area contributed by atoms with Crippen LogP contribution in [0.15, 0.2) is 29.6 Å². The van der Waals surface area contributed by atoms with Crippen LogP contribution in [0.3, 0.4) is 0 Å². The molecule has 1 amide bonds. The Balaban J connectivity index is 1.92. The van der Waals surface area contributed by atoms with Crippen molar-refractivity contribution in [3.05, 3.63) is 40.4 Å². The molecular weight excluding hydrogens is 318 g/mol. The van der Waals surface area contributed by atoms with Gasteiger partial charge in [0.15, 0.2) is 0 Å². The minimum Gasteiger partial charge on any atom is -0.354 e. The van der Waals surface area contributed by atoms with Gasteiger partial charge in [0.2, 0.25) is 5.91 Å². The Labute approximate surface area is 139 Å². The molecule has 1 aromatic carbocycles. The Morgan fingerprint density at radius 1 is 1.41 bits per heavy atom. The van der Waals surface area contributed by atoms with Crippen LogP contribution in [0.5, 0.6) is 0 Å². The Hall–Kier alpha value is -1.43. The Morgan fingerprint density at radius 3 is 2.91 bits per heavy atom. The monoisotopic (exact) mass is 337 g/mol. The van der Waals surface area contributed by atoms with Gasteiger partial charge in [0, 0.05) is 23.5 Å². The molecule has 2 N–H and O–H groups in total. The lowest BCUT2D eigenvalue weighted by molar-refractivity contribution is -0.120. The summed E-state index contributed by atoms with van der Waals surface area (Å²) in [6.45, 7) is 5.60. The molecule has 22 heavy (non-hydrogen) atoms. The maximum Gasteiger partial charge on any atom is 0.226 e. The first-order valence-corrected chi connectivity index (χ1v) is 8.55. The molecule has 0 unspecified atom stereocenters. The summed E-state index contributed by atoms with van der Waals surface area (Å²) in [5.74, 6) is -0.0132. The predicted octanol–water partition coefficient (Wildman–Crippen LogP) is 3.12. The second kappa shape index (κ2) is 8.27. The summed E-state index contributed by atoms with van der Waals surface area (Å²) in [5, 5.41) is 9.59. The minimum atomic E-state index is -0.0132. The number of hydrogen-bond acceptors (Lipinski definition) is 4. The van der Waals surface area contributed by atoms with Crippen molar-refractivity contribution < 1.29 is 4.79 Å². The predicted molar refractivity (Wildman–Crippen MR) is 92.4 cm³/mol. The Kier molecular flexibility index (Phi) is 6.36. The van der Waals surface area contributed by atoms with E-state index in [2.05, 4.69) is 15.6 Å². The number of carbonyl (C=O) groups excluding carboxylic acids is 1. The molecule has 2 rings (SSSR count). The summed E-state index contributed by atoms with van der Waals surface area (Å²) in [6.07, 6.45) is 0.291. The number of rotatable bonds is 7. The van der Waals surface area contributed by atoms with Gasteiger partial charge in [-0.05, 0) is 19.5 Å². The second-order valence-electron chi connectivity index (χ2n) is 5.06. The summed E-state index contributed by atoms with van der Waals surface area (Å²) in [7, 11) is 0. The van der Waals surface area contributed by atoms with Gasteiger partial charge in [0.25, 0.3) is 0 Å². The third-order valence-corrected chi connectivity index (χ3v) is 4.41. The fourth-order valence-corrected chi connectivity index (χ4v) is 3.20. The SMILES string of the molecule is CCN[C@H](C)CNC(=O)Cc1csc(-c2ccccc2Cl)n1. The molecule has 0 spiro atoms. The third-order valence-electron chi connectivity index (χ3n) is 3.16. The van der Waals surface area contributed by atoms with Crippen LogP contribution < -0.4 is 10.6 Å². The molecule has 118 valence electrons. The number of hydrogen-bond donors (Lipinski definition) is 2. The summed E-state index contributed by atoms with van der Waals surface area (Å²) in [4.78, 5) is 16.4. The quantitative estimate of drug-likeness (QED) is 0.816. The lowest BCUT2D eigenvalue weighted by Gasteiger charge is -2.12. The van der Waals surface area contributed by atoms with Crippen LogP contribution in [-0.2, 0) is 11.2 Å². The highest BCUT2D eigenvalue weighted by Gasteiger charge is 2.11. The zero-order valence-electron chi connectivity index (χ0n) is 12.7. The molecule has 0 saturated heterocycles. The third kappa shape index (κ3) is 4.80. The fourth-order valence-electron chi connectivity index (χ4n) is 2.06. The van der Waals surface area contributed by atoms with Gasteiger partial charge in [-0.25, -0.2) is 4.98 Å². The maximum absolute atomic E-state index is 11.9. The molecule has 0 aliphatic heterocycles. The lowest BCUT2D eigenvalue weighted by Crippen LogP contribution is -2.39. The van der Waals surface area contributed by atoms with Crippen molar-refractivity contribution in [1.82, 2.24) is 15.6 Å². The molecule has 0 saturated carbocycles. The molecule has 1 heterocycles. The van der Waals surface area contributed by atoms with Crippen molar-refractivity contribution in [1.29, 1.82) is 0 Å². The number of aromatic nitrogens is 1. The normalized spacial score (nSPS) is 12.1. The molecular formula is C16H20ClN3OS. The zero-order valence-corrected chi connectivity index (χ0v) is 14.3. The van der Waals surface area contributed by atoms with E-state index in [1.54, 1.807) is 0 Å². The molecule has 2 aromatic rings. The largest absolute Gasteiger partial charge is 0.354 e. The molecule has 0 fully saturated rings. The van der Waals surface area contributed by atoms with Gasteiger partial charge in [-0.2, -0.15) is 0 Å². The number of amides is 1. The van der Waals surface area contributed by atoms with E-state index >= 15 is 0 Å². The van der Waals surface area contributed by atoms with Crippen molar-refractivity contribution in [2.45, 2.75) is 26.3 Å². The van der Waals surface area contributed by atoms with Crippen LogP contribution in [0.1, 0.15) is 19.5 Å². The molecule has 1 aromatic heterocycles. The van der Waals surface area contributed by atoms with Crippen LogP contribution in [0.25, 0.3) is 10.6 Å². The molecule has 0 radical (unpaired) electrons. The topological polar surface area (TPSA) is 54.0 Å². The van der Waals surface area contributed by atoms with Crippen molar-refractivity contribution in [3.63, 3.8) is 0 Å². The van der Waals surface area contributed by atoms with Crippen LogP contribution in [0.4, 0.5) is 0 Å². The maximum atomic E-state index is 11.9. The van der Waals surface area contributed by atoms with Gasteiger partial charge in [0.05, 0.1) is 17.1 Å². The first-order chi connectivity index (χ1) is 10.6. The van der Waals surface area contributed by atoms with E-state index in [0.717, 1.165) is 22.8 Å². The standard InChI is InChI=1S/C16H20ClN3OS/c1-3-18-11(2)9-19-15(21)8-12-10-22-16(20-12)13-6-4-5-7-14(13)17/h4-7,10-11,18H,3,8-9H2,1-2H3,(H,19,21)/t11-/m1/s1. The van der Waals surface area contributed by atoms with Crippen LogP contribution in [0, 0.1) is 0 Å². The summed E-state index contributed by atoms with van der Waals surface area (Å²) < 4.78 is 0. The molecule has 6 heteroatoms. The average molecular weight is 338 g/mol. The highest BCUT2D eigenvalue weighted by Crippen LogP contribution is 2.30. The molecule has 0 aliphatic carbocycles. The minimum absolute atomic E-state index is 0.0132. The Morgan fingerprint density at radius 2 is 2.18 bits per heavy atom. The van der Waals surface area contributed by atoms with E-state index in [0.29, 0.717) is 18.0 Å². The number of nitrogens with one attached hydrogen (secondary N) is 2. The van der Waals surface area contributed by atoms with Crippen molar-refractivity contribution in [2.24, 2.45) is 0 Å². The highest BCUT2D eigenvalue weighted by atomic mass is 35.5. The zero-order chi connectivity index (χ0) is 15.9. The van der Waals surface area contributed by atoms with E-state index in [1.807, 2.05) is 43.5 Å². The van der Waals surface area contributed by atoms with E-state index in [9.17, 15) is 4.79 Å². The van der Waals surface area contributed by atoms with Crippen molar-refractivity contribution >= 4 is 28.8 Å². The van der Waals surface area contributed by atoms with Crippen LogP contribution >= 0.6 is 22.9 Å². The first-order valence-electron chi connectivity index (χ1n) is 7.29. The summed E-state index contributed by atoms with van der Waals surface area (Å²) >= 11 is 7.67. The van der Waals surface area contributed by atoms with E-state index in [1.165, 1.54) is 11.3 Å². The fraction of sp³-hybridized carbons (Fsp3) is 0.375. The van der Waals surface area contributed by atoms with E-state index in [-0.39, 0.29) is 11.9 Å². The van der Waals surface area contributed by atoms with Gasteiger partial charge in [-0.15, -0.1) is 11.3 Å². The first kappa shape index (κ1) is 16.9. The van der Waals surface area contributed by atoms with Gasteiger partial charge >= 0.3 is 0 Å². The van der Waals surface area contributed by atoms with E-state index < -0.39 is 0 Å². The van der Waals surface area contributed by atoms with Gasteiger partial charge < -0.3 is 10.6 Å². The average Bonchev–Trinajstić information content (AvgIpc) is 2.94. The van der Waals surface area contributed by atoms with Crippen LogP contribution in [-0.4, -0.2) is 30.0 Å². The smallest absolute Gasteiger partial charge is 0.226 e. The highest BCUT2D eigenvalue weighted by molar-refractivity contribution is 7.13. The molecule has 0 bridgehead atoms. The summed E-state index contributed by atoms with van der Waals surface area (Å²) in [6, 6.07) is 7.86. The number of carbonyl (C=O) groups is 1. The number of benzene rings is 1. The lowest BCUT2D eigenvalue weighted by atomic mass is 10.2. The number of thiazole rings is 1. The van der Waals surface area contributed by atoms with Gasteiger partial charge in [0.1, 0.15) is 5.01 Å². The van der Waals surface area contributed by atoms with E-state index in [4.69, 9.17) is 11.6 Å². The second-order valence-corrected chi connectivity index (χ2v) is 6.33. The number of nitrogens with zero attached hydrogens (tertiary/aromatic N) is 1. The molecule has 4 nitrogen and oxygen atoms in total. The number of likely N-dealkylation sites (N-methyl/N-ethyl adjacent to an activating group) is 1. The summed E-state index contributed by atoms with van der Waals surface area (Å²) in [5.41, 5.74) is 1.68.